The van der Waals surface area contributed by atoms with E-state index in [-0.39, 0.29) is 5.06 Å². The largest absolute Gasteiger partial charge is 0.499 e. The van der Waals surface area contributed by atoms with Crippen LogP contribution in [0.1, 0.15) is 0 Å². The van der Waals surface area contributed by atoms with Gasteiger partial charge in [0.1, 0.15) is 0 Å². The van der Waals surface area contributed by atoms with Crippen LogP contribution in [-0.4, -0.2) is 10.1 Å². The molecule has 9 heavy (non-hydrogen) atoms. The molecule has 0 saturated heterocycles. The zero-order valence-corrected chi connectivity index (χ0v) is 5.18. The third kappa shape index (κ3) is 0.598. The molecule has 0 spiro atoms. The van der Waals surface area contributed by atoms with E-state index in [0.717, 1.165) is 4.83 Å². The van der Waals surface area contributed by atoms with Crippen molar-refractivity contribution in [3.63, 3.8) is 0 Å². The zero-order chi connectivity index (χ0) is 6.27. The van der Waals surface area contributed by atoms with Crippen LogP contribution in [0.15, 0.2) is 16.9 Å². The van der Waals surface area contributed by atoms with E-state index < -0.39 is 0 Å². The van der Waals surface area contributed by atoms with Crippen LogP contribution in [0.2, 0.25) is 0 Å². The van der Waals surface area contributed by atoms with E-state index in [2.05, 4.69) is 4.98 Å². The van der Waals surface area contributed by atoms with Crippen molar-refractivity contribution in [2.24, 2.45) is 0 Å². The van der Waals surface area contributed by atoms with Crippen molar-refractivity contribution < 1.29 is 9.52 Å². The lowest BCUT2D eigenvalue weighted by Crippen LogP contribution is -1.46. The van der Waals surface area contributed by atoms with Gasteiger partial charge in [-0.15, -0.1) is 0 Å². The van der Waals surface area contributed by atoms with E-state index in [1.54, 1.807) is 6.07 Å². The van der Waals surface area contributed by atoms with Crippen LogP contribution in [0.25, 0.3) is 10.4 Å². The highest BCUT2D eigenvalue weighted by molar-refractivity contribution is 7.20. The van der Waals surface area contributed by atoms with Gasteiger partial charge in [0.15, 0.2) is 21.9 Å². The Balaban J connectivity index is 2.92. The van der Waals surface area contributed by atoms with Gasteiger partial charge in [-0.2, -0.15) is 0 Å². The maximum absolute atomic E-state index is 8.86. The van der Waals surface area contributed by atoms with Gasteiger partial charge in [0, 0.05) is 6.07 Å². The fourth-order valence-corrected chi connectivity index (χ4v) is 1.33. The lowest BCUT2D eigenvalue weighted by atomic mass is 10.6. The van der Waals surface area contributed by atoms with E-state index in [9.17, 15) is 0 Å². The van der Waals surface area contributed by atoms with Gasteiger partial charge in [0.2, 0.25) is 0 Å². The molecule has 0 bridgehead atoms. The molecule has 0 aliphatic rings. The molecule has 0 unspecified atom stereocenters. The second kappa shape index (κ2) is 1.48. The molecule has 2 aromatic heterocycles. The maximum atomic E-state index is 8.86. The second-order valence-electron chi connectivity index (χ2n) is 1.61. The molecule has 46 valence electrons. The van der Waals surface area contributed by atoms with E-state index in [4.69, 9.17) is 9.52 Å². The lowest BCUT2D eigenvalue weighted by molar-refractivity contribution is 0.489. The first-order valence-corrected chi connectivity index (χ1v) is 3.20. The standard InChI is InChI=1S/C5H3NO2S/c7-4-1-3-5(9-4)6-2-8-3/h1-2,7H. The zero-order valence-electron chi connectivity index (χ0n) is 4.37. The third-order valence-electron chi connectivity index (χ3n) is 1.02. The third-order valence-corrected chi connectivity index (χ3v) is 1.84. The van der Waals surface area contributed by atoms with Gasteiger partial charge in [0.05, 0.1) is 0 Å². The molecule has 2 rings (SSSR count). The quantitative estimate of drug-likeness (QED) is 0.606. The average molecular weight is 141 g/mol. The van der Waals surface area contributed by atoms with Gasteiger partial charge in [-0.1, -0.05) is 11.3 Å². The van der Waals surface area contributed by atoms with Crippen molar-refractivity contribution in [3.8, 4) is 5.06 Å². The summed E-state index contributed by atoms with van der Waals surface area (Å²) in [6.45, 7) is 0. The fraction of sp³-hybridized carbons (Fsp3) is 0. The van der Waals surface area contributed by atoms with Crippen LogP contribution in [0.5, 0.6) is 5.06 Å². The molecule has 1 N–H and O–H groups in total. The summed E-state index contributed by atoms with van der Waals surface area (Å²) in [6.07, 6.45) is 1.36. The summed E-state index contributed by atoms with van der Waals surface area (Å²) in [5.74, 6) is 0. The van der Waals surface area contributed by atoms with Crippen LogP contribution in [0.3, 0.4) is 0 Å². The molecule has 0 radical (unpaired) electrons. The number of aromatic nitrogens is 1. The summed E-state index contributed by atoms with van der Waals surface area (Å²) in [6, 6.07) is 1.55. The first-order chi connectivity index (χ1) is 4.36. The highest BCUT2D eigenvalue weighted by atomic mass is 32.1. The molecule has 0 aliphatic carbocycles. The predicted octanol–water partition coefficient (Wildman–Crippen LogP) is 1.59. The molecule has 0 fully saturated rings. The number of oxazole rings is 1. The molecule has 0 saturated carbocycles. The number of thiophene rings is 1. The van der Waals surface area contributed by atoms with Gasteiger partial charge in [-0.3, -0.25) is 0 Å². The smallest absolute Gasteiger partial charge is 0.182 e. The monoisotopic (exact) mass is 141 g/mol. The topological polar surface area (TPSA) is 46.3 Å². The van der Waals surface area contributed by atoms with E-state index in [1.807, 2.05) is 0 Å². The molecule has 4 heteroatoms. The summed E-state index contributed by atoms with van der Waals surface area (Å²) < 4.78 is 4.88. The highest BCUT2D eigenvalue weighted by Gasteiger charge is 2.01. The number of hydrogen-bond acceptors (Lipinski definition) is 4. The second-order valence-corrected chi connectivity index (χ2v) is 2.62. The Bertz CT molecular complexity index is 296. The van der Waals surface area contributed by atoms with Crippen molar-refractivity contribution >= 4 is 21.8 Å². The van der Waals surface area contributed by atoms with Crippen LogP contribution in [0.4, 0.5) is 0 Å². The van der Waals surface area contributed by atoms with E-state index in [1.165, 1.54) is 17.7 Å². The predicted molar refractivity (Wildman–Crippen MR) is 33.6 cm³/mol. The normalized spacial score (nSPS) is 10.7. The van der Waals surface area contributed by atoms with Gasteiger partial charge in [-0.05, 0) is 0 Å². The number of fused-ring (bicyclic) bond motifs is 1. The average Bonchev–Trinajstić information content (AvgIpc) is 2.22. The minimum Gasteiger partial charge on any atom is -0.499 e. The maximum Gasteiger partial charge on any atom is 0.182 e. The Morgan fingerprint density at radius 3 is 3.33 bits per heavy atom. The molecule has 0 amide bonds. The summed E-state index contributed by atoms with van der Waals surface area (Å²) in [5.41, 5.74) is 0.650. The molecular weight excluding hydrogens is 138 g/mol. The summed E-state index contributed by atoms with van der Waals surface area (Å²) in [4.78, 5) is 4.57. The Morgan fingerprint density at radius 1 is 1.67 bits per heavy atom. The SMILES string of the molecule is Oc1cc2ocnc2s1. The van der Waals surface area contributed by atoms with Crippen molar-refractivity contribution in [2.45, 2.75) is 0 Å². The van der Waals surface area contributed by atoms with Crippen molar-refractivity contribution in [3.05, 3.63) is 12.5 Å². The Hall–Kier alpha value is -1.03. The Morgan fingerprint density at radius 2 is 2.56 bits per heavy atom. The number of nitrogens with zero attached hydrogens (tertiary/aromatic N) is 1. The van der Waals surface area contributed by atoms with Crippen LogP contribution < -0.4 is 0 Å². The Labute approximate surface area is 54.6 Å². The summed E-state index contributed by atoms with van der Waals surface area (Å²) in [5, 5.41) is 9.11. The lowest BCUT2D eigenvalue weighted by Gasteiger charge is -1.70. The molecule has 0 aromatic carbocycles. The molecule has 0 atom stereocenters. The van der Waals surface area contributed by atoms with E-state index in [0.29, 0.717) is 5.58 Å². The summed E-state index contributed by atoms with van der Waals surface area (Å²) >= 11 is 1.21. The van der Waals surface area contributed by atoms with Crippen LogP contribution >= 0.6 is 11.3 Å². The first-order valence-electron chi connectivity index (χ1n) is 2.38. The first kappa shape index (κ1) is 4.81. The molecular formula is C5H3NO2S. The van der Waals surface area contributed by atoms with Crippen molar-refractivity contribution in [1.29, 1.82) is 0 Å². The van der Waals surface area contributed by atoms with Crippen molar-refractivity contribution in [1.82, 2.24) is 4.98 Å². The number of aromatic hydroxyl groups is 1. The number of hydrogen-bond donors (Lipinski definition) is 1. The van der Waals surface area contributed by atoms with Crippen molar-refractivity contribution in [2.75, 3.05) is 0 Å². The van der Waals surface area contributed by atoms with Crippen LogP contribution in [0, 0.1) is 0 Å². The van der Waals surface area contributed by atoms with Gasteiger partial charge in [-0.25, -0.2) is 4.98 Å². The molecule has 0 aliphatic heterocycles. The van der Waals surface area contributed by atoms with E-state index >= 15 is 0 Å². The molecule has 3 nitrogen and oxygen atoms in total. The van der Waals surface area contributed by atoms with Crippen LogP contribution in [-0.2, 0) is 0 Å². The number of rotatable bonds is 0. The summed E-state index contributed by atoms with van der Waals surface area (Å²) in [7, 11) is 0. The highest BCUT2D eigenvalue weighted by Crippen LogP contribution is 2.28. The van der Waals surface area contributed by atoms with Gasteiger partial charge in [0.25, 0.3) is 0 Å². The fourth-order valence-electron chi connectivity index (χ4n) is 0.658. The van der Waals surface area contributed by atoms with Gasteiger partial charge >= 0.3 is 0 Å². The molecule has 2 heterocycles. The minimum absolute atomic E-state index is 0.247. The van der Waals surface area contributed by atoms with Gasteiger partial charge < -0.3 is 9.52 Å². The minimum atomic E-state index is 0.247. The Kier molecular flexibility index (Phi) is 0.790. The molecule has 2 aromatic rings.